The van der Waals surface area contributed by atoms with E-state index in [2.05, 4.69) is 11.9 Å². The molecule has 0 spiro atoms. The number of carbonyl (C=O) groups is 1. The van der Waals surface area contributed by atoms with Gasteiger partial charge in [0.1, 0.15) is 6.10 Å². The monoisotopic (exact) mass is 126 g/mol. The lowest BCUT2D eigenvalue weighted by Gasteiger charge is -2.00. The summed E-state index contributed by atoms with van der Waals surface area (Å²) in [5, 5.41) is 3.53. The van der Waals surface area contributed by atoms with Crippen LogP contribution in [0.3, 0.4) is 0 Å². The molecular formula is C6H8NO2. The normalized spacial score (nSPS) is 24.9. The summed E-state index contributed by atoms with van der Waals surface area (Å²) in [4.78, 5) is 10.3. The molecule has 1 atom stereocenters. The Morgan fingerprint density at radius 2 is 2.78 bits per heavy atom. The average molecular weight is 126 g/mol. The van der Waals surface area contributed by atoms with Crippen molar-refractivity contribution in [2.24, 2.45) is 0 Å². The molecule has 1 radical (unpaired) electrons. The highest BCUT2D eigenvalue weighted by atomic mass is 16.6. The summed E-state index contributed by atoms with van der Waals surface area (Å²) in [6, 6.07) is 0. The first-order valence-corrected chi connectivity index (χ1v) is 2.82. The van der Waals surface area contributed by atoms with Crippen LogP contribution in [0.25, 0.3) is 0 Å². The summed E-state index contributed by atoms with van der Waals surface area (Å²) < 4.78 is 4.72. The number of ether oxygens (including phenoxy) is 1. The molecule has 1 unspecified atom stereocenters. The maximum absolute atomic E-state index is 10.3. The molecule has 0 aromatic heterocycles. The topological polar surface area (TPSA) is 40.4 Å². The highest BCUT2D eigenvalue weighted by Crippen LogP contribution is 2.05. The molecule has 49 valence electrons. The van der Waals surface area contributed by atoms with Crippen LogP contribution in [0.2, 0.25) is 0 Å². The zero-order valence-corrected chi connectivity index (χ0v) is 5.04. The van der Waals surface area contributed by atoms with Crippen LogP contribution in [-0.4, -0.2) is 18.7 Å². The van der Waals surface area contributed by atoms with Gasteiger partial charge in [0.15, 0.2) is 0 Å². The first-order chi connectivity index (χ1) is 4.33. The molecule has 0 N–H and O–H groups in total. The Morgan fingerprint density at radius 1 is 2.00 bits per heavy atom. The van der Waals surface area contributed by atoms with Crippen LogP contribution in [0.15, 0.2) is 12.7 Å². The number of rotatable bonds is 2. The number of cyclic esters (lactones) is 1. The van der Waals surface area contributed by atoms with Crippen molar-refractivity contribution in [2.75, 3.05) is 6.54 Å². The molecule has 1 saturated heterocycles. The van der Waals surface area contributed by atoms with Gasteiger partial charge in [-0.3, -0.25) is 0 Å². The van der Waals surface area contributed by atoms with Crippen LogP contribution in [-0.2, 0) is 4.74 Å². The van der Waals surface area contributed by atoms with Crippen molar-refractivity contribution in [3.8, 4) is 0 Å². The zero-order chi connectivity index (χ0) is 6.69. The predicted molar refractivity (Wildman–Crippen MR) is 32.1 cm³/mol. The van der Waals surface area contributed by atoms with Crippen LogP contribution in [0.4, 0.5) is 4.79 Å². The minimum absolute atomic E-state index is 0.0463. The lowest BCUT2D eigenvalue weighted by molar-refractivity contribution is 0.141. The van der Waals surface area contributed by atoms with Gasteiger partial charge >= 0.3 is 6.09 Å². The van der Waals surface area contributed by atoms with Crippen molar-refractivity contribution in [3.63, 3.8) is 0 Å². The third kappa shape index (κ3) is 1.45. The highest BCUT2D eigenvalue weighted by molar-refractivity contribution is 5.68. The van der Waals surface area contributed by atoms with E-state index in [-0.39, 0.29) is 6.10 Å². The number of carbonyl (C=O) groups excluding carboxylic acids is 1. The quantitative estimate of drug-likeness (QED) is 0.510. The molecular weight excluding hydrogens is 118 g/mol. The fourth-order valence-corrected chi connectivity index (χ4v) is 0.702. The molecule has 1 rings (SSSR count). The molecule has 0 saturated carbocycles. The van der Waals surface area contributed by atoms with E-state index in [1.54, 1.807) is 6.08 Å². The number of amides is 1. The first kappa shape index (κ1) is 6.13. The van der Waals surface area contributed by atoms with E-state index in [4.69, 9.17) is 4.74 Å². The van der Waals surface area contributed by atoms with Crippen molar-refractivity contribution in [1.29, 1.82) is 0 Å². The second-order valence-corrected chi connectivity index (χ2v) is 1.87. The molecule has 0 aliphatic carbocycles. The summed E-state index contributed by atoms with van der Waals surface area (Å²) >= 11 is 0. The van der Waals surface area contributed by atoms with Crippen LogP contribution < -0.4 is 5.32 Å². The van der Waals surface area contributed by atoms with Crippen LogP contribution >= 0.6 is 0 Å². The zero-order valence-electron chi connectivity index (χ0n) is 5.04. The maximum atomic E-state index is 10.3. The summed E-state index contributed by atoms with van der Waals surface area (Å²) in [6.07, 6.45) is 1.94. The van der Waals surface area contributed by atoms with E-state index < -0.39 is 6.09 Å². The van der Waals surface area contributed by atoms with E-state index in [1.807, 2.05) is 0 Å². The van der Waals surface area contributed by atoms with Gasteiger partial charge in [0.25, 0.3) is 0 Å². The second-order valence-electron chi connectivity index (χ2n) is 1.87. The van der Waals surface area contributed by atoms with E-state index in [1.165, 1.54) is 0 Å². The molecule has 1 aliphatic heterocycles. The van der Waals surface area contributed by atoms with Crippen molar-refractivity contribution in [1.82, 2.24) is 5.32 Å². The van der Waals surface area contributed by atoms with Crippen LogP contribution in [0, 0.1) is 0 Å². The molecule has 0 bridgehead atoms. The van der Waals surface area contributed by atoms with Gasteiger partial charge in [0.05, 0.1) is 6.54 Å². The molecule has 1 amide bonds. The van der Waals surface area contributed by atoms with E-state index in [9.17, 15) is 4.79 Å². The Hall–Kier alpha value is -0.990. The second kappa shape index (κ2) is 2.53. The van der Waals surface area contributed by atoms with Crippen molar-refractivity contribution in [3.05, 3.63) is 12.7 Å². The summed E-state index contributed by atoms with van der Waals surface area (Å²) in [5.41, 5.74) is 0. The highest BCUT2D eigenvalue weighted by Gasteiger charge is 2.22. The van der Waals surface area contributed by atoms with Crippen LogP contribution in [0.5, 0.6) is 0 Å². The Bertz CT molecular complexity index is 133. The maximum Gasteiger partial charge on any atom is 0.429 e. The van der Waals surface area contributed by atoms with Crippen molar-refractivity contribution >= 4 is 6.09 Å². The van der Waals surface area contributed by atoms with E-state index in [0.717, 1.165) is 0 Å². The Labute approximate surface area is 53.7 Å². The van der Waals surface area contributed by atoms with Crippen molar-refractivity contribution < 1.29 is 9.53 Å². The average Bonchev–Trinajstić information content (AvgIpc) is 2.17. The number of hydrogen-bond donors (Lipinski definition) is 0. The molecule has 3 heteroatoms. The largest absolute Gasteiger partial charge is 0.443 e. The summed E-state index contributed by atoms with van der Waals surface area (Å²) in [6.45, 7) is 4.01. The van der Waals surface area contributed by atoms with E-state index in [0.29, 0.717) is 13.0 Å². The molecule has 1 heterocycles. The minimum Gasteiger partial charge on any atom is -0.443 e. The van der Waals surface area contributed by atoms with Gasteiger partial charge in [-0.15, -0.1) is 6.58 Å². The van der Waals surface area contributed by atoms with Gasteiger partial charge < -0.3 is 4.74 Å². The van der Waals surface area contributed by atoms with Crippen molar-refractivity contribution in [2.45, 2.75) is 12.5 Å². The van der Waals surface area contributed by atoms with Crippen LogP contribution in [0.1, 0.15) is 6.42 Å². The smallest absolute Gasteiger partial charge is 0.429 e. The van der Waals surface area contributed by atoms with E-state index >= 15 is 0 Å². The Kier molecular flexibility index (Phi) is 1.72. The van der Waals surface area contributed by atoms with Gasteiger partial charge in [-0.2, -0.15) is 0 Å². The standard InChI is InChI=1S/C6H8NO2/c1-2-3-5-4-7-6(8)9-5/h2,5H,1,3-4H2. The first-order valence-electron chi connectivity index (χ1n) is 2.82. The van der Waals surface area contributed by atoms with Gasteiger partial charge in [0.2, 0.25) is 0 Å². The lowest BCUT2D eigenvalue weighted by atomic mass is 10.2. The number of nitrogens with zero attached hydrogens (tertiary/aromatic N) is 1. The third-order valence-electron chi connectivity index (χ3n) is 1.12. The predicted octanol–water partition coefficient (Wildman–Crippen LogP) is 0.686. The van der Waals surface area contributed by atoms with Gasteiger partial charge in [-0.25, -0.2) is 10.1 Å². The molecule has 3 nitrogen and oxygen atoms in total. The molecule has 9 heavy (non-hydrogen) atoms. The molecule has 1 fully saturated rings. The Morgan fingerprint density at radius 3 is 3.22 bits per heavy atom. The Balaban J connectivity index is 2.29. The van der Waals surface area contributed by atoms with Gasteiger partial charge in [0, 0.05) is 6.42 Å². The lowest BCUT2D eigenvalue weighted by Crippen LogP contribution is -2.08. The van der Waals surface area contributed by atoms with Gasteiger partial charge in [-0.05, 0) is 0 Å². The van der Waals surface area contributed by atoms with Gasteiger partial charge in [-0.1, -0.05) is 6.08 Å². The minimum atomic E-state index is -0.443. The summed E-state index contributed by atoms with van der Waals surface area (Å²) in [7, 11) is 0. The molecule has 0 aromatic rings. The summed E-state index contributed by atoms with van der Waals surface area (Å²) in [5.74, 6) is 0. The molecule has 1 aliphatic rings. The fraction of sp³-hybridized carbons (Fsp3) is 0.500. The SMILES string of the molecule is C=CCC1C[N]C(=O)O1. The fourth-order valence-electron chi connectivity index (χ4n) is 0.702. The third-order valence-corrected chi connectivity index (χ3v) is 1.12. The molecule has 0 aromatic carbocycles. The number of hydrogen-bond acceptors (Lipinski definition) is 2.